The number of rotatable bonds is 10. The highest BCUT2D eigenvalue weighted by Crippen LogP contribution is 2.55. The van der Waals surface area contributed by atoms with Gasteiger partial charge in [0.25, 0.3) is 5.91 Å². The molecule has 0 aliphatic heterocycles. The molecule has 0 spiro atoms. The van der Waals surface area contributed by atoms with Crippen molar-refractivity contribution in [2.75, 3.05) is 6.61 Å². The number of aromatic nitrogens is 3. The van der Waals surface area contributed by atoms with Gasteiger partial charge >= 0.3 is 0 Å². The third-order valence-corrected chi connectivity index (χ3v) is 7.77. The highest BCUT2D eigenvalue weighted by Gasteiger charge is 2.64. The fourth-order valence-corrected chi connectivity index (χ4v) is 5.92. The molecule has 0 unspecified atom stereocenters. The predicted molar refractivity (Wildman–Crippen MR) is 145 cm³/mol. The Morgan fingerprint density at radius 3 is 2.47 bits per heavy atom. The first-order valence-electron chi connectivity index (χ1n) is 12.9. The fraction of sp³-hybridized carbons (Fsp3) is 0.448. The van der Waals surface area contributed by atoms with Crippen molar-refractivity contribution in [3.63, 3.8) is 0 Å². The number of nitrogens with one attached hydrogen (secondary N) is 1. The summed E-state index contributed by atoms with van der Waals surface area (Å²) < 4.78 is 8.02. The Bertz CT molecular complexity index is 1310. The average Bonchev–Trinajstić information content (AvgIpc) is 3.37. The van der Waals surface area contributed by atoms with Crippen LogP contribution in [0.5, 0.6) is 5.75 Å². The molecule has 38 heavy (non-hydrogen) atoms. The van der Waals surface area contributed by atoms with E-state index in [4.69, 9.17) is 26.7 Å². The van der Waals surface area contributed by atoms with E-state index in [1.165, 1.54) is 0 Å². The molecule has 2 N–H and O–H groups in total. The molecule has 1 saturated carbocycles. The number of halogens is 1. The van der Waals surface area contributed by atoms with Crippen LogP contribution in [0, 0.1) is 22.2 Å². The molecule has 1 aromatic heterocycles. The number of hydrogen-bond donors (Lipinski definition) is 2. The number of unbranched alkanes of at least 4 members (excludes halogenated alkanes) is 2. The van der Waals surface area contributed by atoms with Gasteiger partial charge in [-0.15, -0.1) is 5.10 Å². The van der Waals surface area contributed by atoms with Crippen LogP contribution in [0.1, 0.15) is 68.6 Å². The zero-order valence-electron chi connectivity index (χ0n) is 22.2. The Balaban J connectivity index is 1.39. The third-order valence-electron chi connectivity index (χ3n) is 7.46. The lowest BCUT2D eigenvalue weighted by atomic mass is 9.49. The molecule has 0 atom stereocenters. The number of aliphatic hydroxyl groups excluding tert-OH is 1. The van der Waals surface area contributed by atoms with Gasteiger partial charge in [0.1, 0.15) is 17.9 Å². The maximum Gasteiger partial charge on any atom is 0.251 e. The van der Waals surface area contributed by atoms with Crippen LogP contribution in [0.25, 0.3) is 5.69 Å². The maximum atomic E-state index is 13.2. The fourth-order valence-electron chi connectivity index (χ4n) is 5.71. The summed E-state index contributed by atoms with van der Waals surface area (Å²) in [4.78, 5) is 13.2. The molecule has 200 valence electrons. The number of aliphatic hydroxyl groups is 1. The van der Waals surface area contributed by atoms with Crippen LogP contribution >= 0.6 is 11.6 Å². The predicted octanol–water partition coefficient (Wildman–Crippen LogP) is 5.11. The van der Waals surface area contributed by atoms with Gasteiger partial charge in [-0.25, -0.2) is 4.68 Å². The first kappa shape index (κ1) is 27.6. The Hall–Kier alpha value is -3.41. The van der Waals surface area contributed by atoms with Crippen molar-refractivity contribution in [1.82, 2.24) is 20.3 Å². The summed E-state index contributed by atoms with van der Waals surface area (Å²) >= 11 is 6.19. The van der Waals surface area contributed by atoms with Crippen LogP contribution in [0.3, 0.4) is 0 Å². The van der Waals surface area contributed by atoms with Gasteiger partial charge in [-0.3, -0.25) is 4.79 Å². The first-order chi connectivity index (χ1) is 18.1. The van der Waals surface area contributed by atoms with E-state index < -0.39 is 0 Å². The van der Waals surface area contributed by atoms with E-state index in [-0.39, 0.29) is 35.5 Å². The summed E-state index contributed by atoms with van der Waals surface area (Å²) in [6.45, 7) is 8.52. The highest BCUT2D eigenvalue weighted by molar-refractivity contribution is 6.31. The quantitative estimate of drug-likeness (QED) is 0.349. The van der Waals surface area contributed by atoms with Gasteiger partial charge in [-0.05, 0) is 55.7 Å². The summed E-state index contributed by atoms with van der Waals surface area (Å²) in [6, 6.07) is 14.3. The Morgan fingerprint density at radius 1 is 1.13 bits per heavy atom. The van der Waals surface area contributed by atoms with Gasteiger partial charge in [0.2, 0.25) is 0 Å². The number of ether oxygens (including phenoxy) is 1. The van der Waals surface area contributed by atoms with Gasteiger partial charge in [0.15, 0.2) is 0 Å². The van der Waals surface area contributed by atoms with E-state index in [0.29, 0.717) is 21.9 Å². The molecule has 1 heterocycles. The van der Waals surface area contributed by atoms with E-state index >= 15 is 0 Å². The van der Waals surface area contributed by atoms with Crippen LogP contribution in [-0.2, 0) is 6.42 Å². The molecule has 0 radical (unpaired) electrons. The van der Waals surface area contributed by atoms with Crippen molar-refractivity contribution in [2.45, 2.75) is 65.5 Å². The lowest BCUT2D eigenvalue weighted by Crippen LogP contribution is -2.74. The van der Waals surface area contributed by atoms with Crippen molar-refractivity contribution in [3.8, 4) is 17.5 Å². The number of carbonyl (C=O) groups is 1. The van der Waals surface area contributed by atoms with Crippen LogP contribution in [0.15, 0.2) is 48.7 Å². The van der Waals surface area contributed by atoms with E-state index in [2.05, 4.69) is 49.4 Å². The van der Waals surface area contributed by atoms with Gasteiger partial charge in [-0.2, -0.15) is 5.26 Å². The molecule has 4 rings (SSSR count). The molecule has 3 aromatic rings. The molecule has 0 bridgehead atoms. The zero-order valence-corrected chi connectivity index (χ0v) is 23.0. The van der Waals surface area contributed by atoms with Crippen LogP contribution in [0.4, 0.5) is 0 Å². The molecule has 8 nitrogen and oxygen atoms in total. The number of carbonyl (C=O) groups excluding carboxylic acids is 1. The lowest BCUT2D eigenvalue weighted by Gasteiger charge is -2.63. The molecule has 1 aliphatic rings. The molecule has 2 aromatic carbocycles. The summed E-state index contributed by atoms with van der Waals surface area (Å²) in [6.07, 6.45) is 5.26. The van der Waals surface area contributed by atoms with Crippen molar-refractivity contribution in [2.24, 2.45) is 10.8 Å². The summed E-state index contributed by atoms with van der Waals surface area (Å²) in [5.74, 6) is 0.452. The van der Waals surface area contributed by atoms with Gasteiger partial charge in [-0.1, -0.05) is 50.9 Å². The summed E-state index contributed by atoms with van der Waals surface area (Å²) in [5.41, 5.74) is 2.02. The van der Waals surface area contributed by atoms with Crippen molar-refractivity contribution < 1.29 is 14.6 Å². The number of benzene rings is 2. The molecule has 1 fully saturated rings. The monoisotopic (exact) mass is 535 g/mol. The van der Waals surface area contributed by atoms with Crippen molar-refractivity contribution in [1.29, 1.82) is 5.26 Å². The second-order valence-electron chi connectivity index (χ2n) is 11.0. The minimum absolute atomic E-state index is 0.121. The second-order valence-corrected chi connectivity index (χ2v) is 11.4. The number of aryl methyl sites for hydroxylation is 1. The largest absolute Gasteiger partial charge is 0.489 e. The number of amides is 1. The van der Waals surface area contributed by atoms with E-state index in [0.717, 1.165) is 37.1 Å². The number of nitriles is 1. The van der Waals surface area contributed by atoms with Gasteiger partial charge < -0.3 is 15.2 Å². The maximum absolute atomic E-state index is 13.2. The first-order valence-corrected chi connectivity index (χ1v) is 13.3. The molecule has 0 saturated heterocycles. The topological polar surface area (TPSA) is 113 Å². The van der Waals surface area contributed by atoms with Gasteiger partial charge in [0, 0.05) is 35.1 Å². The SMILES string of the molecule is CC1(C)[C@H](NC(=O)c2ccc(-n3cc(CCCCCO)nn3)cc2)C(C)(C)[C@H]1Oc1ccc(C#N)c(Cl)c1. The van der Waals surface area contributed by atoms with Gasteiger partial charge in [0.05, 0.1) is 28.2 Å². The molecule has 9 heteroatoms. The Labute approximate surface area is 228 Å². The smallest absolute Gasteiger partial charge is 0.251 e. The summed E-state index contributed by atoms with van der Waals surface area (Å²) in [7, 11) is 0. The molecule has 1 amide bonds. The zero-order chi connectivity index (χ0) is 27.5. The van der Waals surface area contributed by atoms with Crippen LogP contribution in [-0.4, -0.2) is 44.8 Å². The summed E-state index contributed by atoms with van der Waals surface area (Å²) in [5, 5.41) is 30.0. The molecular weight excluding hydrogens is 502 g/mol. The van der Waals surface area contributed by atoms with E-state index in [9.17, 15) is 4.79 Å². The van der Waals surface area contributed by atoms with E-state index in [1.807, 2.05) is 18.3 Å². The molecular formula is C29H34ClN5O3. The second kappa shape index (κ2) is 11.1. The highest BCUT2D eigenvalue weighted by atomic mass is 35.5. The molecule has 1 aliphatic carbocycles. The number of hydrogen-bond acceptors (Lipinski definition) is 6. The van der Waals surface area contributed by atoms with Crippen molar-refractivity contribution >= 4 is 17.5 Å². The minimum atomic E-state index is -0.339. The van der Waals surface area contributed by atoms with E-state index in [1.54, 1.807) is 35.0 Å². The average molecular weight is 536 g/mol. The van der Waals surface area contributed by atoms with Crippen molar-refractivity contribution in [3.05, 3.63) is 70.5 Å². The Morgan fingerprint density at radius 2 is 1.84 bits per heavy atom. The van der Waals surface area contributed by atoms with Crippen LogP contribution < -0.4 is 10.1 Å². The third kappa shape index (κ3) is 5.54. The standard InChI is InChI=1S/C29H34ClN5O3/c1-28(2)26(29(3,4)27(28)38-23-14-11-20(17-31)24(30)16-23)32-25(37)19-9-12-22(13-10-19)35-18-21(33-34-35)8-6-5-7-15-36/h9-14,16,18,26-27,36H,5-8,15H2,1-4H3,(H,32,37)/t26-,27-. The Kier molecular flexibility index (Phi) is 8.10. The lowest BCUT2D eigenvalue weighted by molar-refractivity contribution is -0.164. The van der Waals surface area contributed by atoms with Crippen LogP contribution in [0.2, 0.25) is 5.02 Å². The number of nitrogens with zero attached hydrogens (tertiary/aromatic N) is 4. The minimum Gasteiger partial charge on any atom is -0.489 e. The normalized spacial score (nSPS) is 19.3.